The topological polar surface area (TPSA) is 52.7 Å². The molecule has 7 heteroatoms. The van der Waals surface area contributed by atoms with Crippen LogP contribution in [0.2, 0.25) is 0 Å². The maximum atomic E-state index is 12.9. The lowest BCUT2D eigenvalue weighted by Crippen LogP contribution is -2.55. The average Bonchev–Trinajstić information content (AvgIpc) is 2.62. The van der Waals surface area contributed by atoms with Crippen molar-refractivity contribution < 1.29 is 14.0 Å². The van der Waals surface area contributed by atoms with Crippen molar-refractivity contribution in [3.63, 3.8) is 0 Å². The zero-order valence-electron chi connectivity index (χ0n) is 13.5. The Balaban J connectivity index is 0.00000208. The molecule has 0 aromatic heterocycles. The second-order valence-corrected chi connectivity index (χ2v) is 6.13. The van der Waals surface area contributed by atoms with Gasteiger partial charge in [-0.3, -0.25) is 9.59 Å². The van der Waals surface area contributed by atoms with Gasteiger partial charge in [-0.1, -0.05) is 6.42 Å². The lowest BCUT2D eigenvalue weighted by molar-refractivity contribution is -0.135. The molecular weight excluding hydrogens is 333 g/mol. The number of hydrogen-bond donors (Lipinski definition) is 1. The Labute approximate surface area is 147 Å². The highest BCUT2D eigenvalue weighted by molar-refractivity contribution is 5.94. The molecule has 1 N–H and O–H groups in total. The molecule has 2 aliphatic heterocycles. The third-order valence-electron chi connectivity index (χ3n) is 4.58. The Morgan fingerprint density at radius 3 is 2.21 bits per heavy atom. The molecule has 0 saturated carbocycles. The second-order valence-electron chi connectivity index (χ2n) is 6.13. The van der Waals surface area contributed by atoms with E-state index >= 15 is 0 Å². The summed E-state index contributed by atoms with van der Waals surface area (Å²) in [6, 6.07) is 5.52. The van der Waals surface area contributed by atoms with Gasteiger partial charge in [-0.15, -0.1) is 12.4 Å². The summed E-state index contributed by atoms with van der Waals surface area (Å²) in [5, 5.41) is 3.27. The van der Waals surface area contributed by atoms with Crippen LogP contribution in [0.3, 0.4) is 0 Å². The van der Waals surface area contributed by atoms with Gasteiger partial charge in [0.15, 0.2) is 0 Å². The van der Waals surface area contributed by atoms with Gasteiger partial charge < -0.3 is 15.1 Å². The maximum Gasteiger partial charge on any atom is 0.253 e. The van der Waals surface area contributed by atoms with Crippen LogP contribution in [-0.4, -0.2) is 60.4 Å². The van der Waals surface area contributed by atoms with Crippen LogP contribution in [-0.2, 0) is 4.79 Å². The van der Waals surface area contributed by atoms with E-state index < -0.39 is 0 Å². The minimum Gasteiger partial charge on any atom is -0.338 e. The molecular formula is C17H23ClFN3O2. The van der Waals surface area contributed by atoms with Crippen LogP contribution in [0.15, 0.2) is 24.3 Å². The minimum atomic E-state index is -0.350. The molecule has 2 heterocycles. The van der Waals surface area contributed by atoms with Crippen LogP contribution < -0.4 is 5.32 Å². The maximum absolute atomic E-state index is 12.9. The van der Waals surface area contributed by atoms with Gasteiger partial charge in [0.25, 0.3) is 5.91 Å². The van der Waals surface area contributed by atoms with E-state index in [0.29, 0.717) is 31.7 Å². The van der Waals surface area contributed by atoms with Gasteiger partial charge in [0.05, 0.1) is 6.04 Å². The van der Waals surface area contributed by atoms with Crippen LogP contribution in [0.25, 0.3) is 0 Å². The summed E-state index contributed by atoms with van der Waals surface area (Å²) in [5.41, 5.74) is 0.486. The summed E-state index contributed by atoms with van der Waals surface area (Å²) in [5.74, 6) is -0.302. The Morgan fingerprint density at radius 1 is 1.00 bits per heavy atom. The molecule has 1 aromatic carbocycles. The summed E-state index contributed by atoms with van der Waals surface area (Å²) < 4.78 is 12.9. The van der Waals surface area contributed by atoms with Crippen molar-refractivity contribution in [1.82, 2.24) is 15.1 Å². The van der Waals surface area contributed by atoms with Gasteiger partial charge in [-0.25, -0.2) is 4.39 Å². The van der Waals surface area contributed by atoms with Crippen LogP contribution >= 0.6 is 12.4 Å². The van der Waals surface area contributed by atoms with E-state index in [0.717, 1.165) is 25.8 Å². The summed E-state index contributed by atoms with van der Waals surface area (Å²) in [4.78, 5) is 28.4. The van der Waals surface area contributed by atoms with Gasteiger partial charge in [0.1, 0.15) is 5.82 Å². The van der Waals surface area contributed by atoms with Crippen molar-refractivity contribution >= 4 is 24.2 Å². The van der Waals surface area contributed by atoms with E-state index in [1.807, 2.05) is 4.90 Å². The van der Waals surface area contributed by atoms with E-state index in [9.17, 15) is 14.0 Å². The summed E-state index contributed by atoms with van der Waals surface area (Å²) in [6.45, 7) is 3.07. The zero-order chi connectivity index (χ0) is 16.2. The Morgan fingerprint density at radius 2 is 1.62 bits per heavy atom. The molecule has 0 spiro atoms. The van der Waals surface area contributed by atoms with Gasteiger partial charge in [0, 0.05) is 31.7 Å². The summed E-state index contributed by atoms with van der Waals surface area (Å²) in [7, 11) is 0. The van der Waals surface area contributed by atoms with Crippen molar-refractivity contribution in [2.45, 2.75) is 25.3 Å². The molecule has 5 nitrogen and oxygen atoms in total. The normalized spacial score (nSPS) is 21.1. The molecule has 0 aliphatic carbocycles. The van der Waals surface area contributed by atoms with Crippen molar-refractivity contribution in [2.75, 3.05) is 32.7 Å². The molecule has 0 bridgehead atoms. The first-order valence-electron chi connectivity index (χ1n) is 8.22. The summed E-state index contributed by atoms with van der Waals surface area (Å²) in [6.07, 6.45) is 3.11. The van der Waals surface area contributed by atoms with Gasteiger partial charge >= 0.3 is 0 Å². The van der Waals surface area contributed by atoms with E-state index in [-0.39, 0.29) is 36.1 Å². The smallest absolute Gasteiger partial charge is 0.253 e. The van der Waals surface area contributed by atoms with Crippen molar-refractivity contribution in [3.8, 4) is 0 Å². The first kappa shape index (κ1) is 18.7. The molecule has 24 heavy (non-hydrogen) atoms. The van der Waals surface area contributed by atoms with E-state index in [1.165, 1.54) is 24.3 Å². The number of halogens is 2. The molecule has 132 valence electrons. The number of hydrogen-bond acceptors (Lipinski definition) is 3. The van der Waals surface area contributed by atoms with Crippen molar-refractivity contribution in [2.24, 2.45) is 0 Å². The first-order chi connectivity index (χ1) is 11.1. The monoisotopic (exact) mass is 355 g/mol. The number of piperazine rings is 1. The number of piperidine rings is 1. The first-order valence-corrected chi connectivity index (χ1v) is 8.22. The standard InChI is InChI=1S/C17H22FN3O2.ClH/c18-14-6-4-13(5-7-14)16(22)20-9-11-21(12-10-20)17(23)15-3-1-2-8-19-15;/h4-7,15,19H,1-3,8-12H2;1H. The van der Waals surface area contributed by atoms with Gasteiger partial charge in [-0.05, 0) is 43.7 Å². The molecule has 3 rings (SSSR count). The molecule has 2 fully saturated rings. The molecule has 1 aromatic rings. The fourth-order valence-electron chi connectivity index (χ4n) is 3.19. The Hall–Kier alpha value is -1.66. The van der Waals surface area contributed by atoms with Crippen molar-refractivity contribution in [3.05, 3.63) is 35.6 Å². The number of amides is 2. The minimum absolute atomic E-state index is 0. The number of nitrogens with zero attached hydrogens (tertiary/aromatic N) is 2. The Bertz CT molecular complexity index is 568. The van der Waals surface area contributed by atoms with Crippen LogP contribution in [0.5, 0.6) is 0 Å². The molecule has 2 aliphatic rings. The highest BCUT2D eigenvalue weighted by atomic mass is 35.5. The third-order valence-corrected chi connectivity index (χ3v) is 4.58. The highest BCUT2D eigenvalue weighted by Crippen LogP contribution is 2.14. The third kappa shape index (κ3) is 4.24. The number of benzene rings is 1. The van der Waals surface area contributed by atoms with Crippen LogP contribution in [0.1, 0.15) is 29.6 Å². The van der Waals surface area contributed by atoms with E-state index in [4.69, 9.17) is 0 Å². The second kappa shape index (κ2) is 8.44. The average molecular weight is 356 g/mol. The Kier molecular flexibility index (Phi) is 6.57. The van der Waals surface area contributed by atoms with Crippen LogP contribution in [0.4, 0.5) is 4.39 Å². The number of carbonyl (C=O) groups is 2. The molecule has 2 saturated heterocycles. The van der Waals surface area contributed by atoms with Crippen LogP contribution in [0, 0.1) is 5.82 Å². The zero-order valence-corrected chi connectivity index (χ0v) is 14.4. The van der Waals surface area contributed by atoms with Gasteiger partial charge in [-0.2, -0.15) is 0 Å². The van der Waals surface area contributed by atoms with Crippen molar-refractivity contribution in [1.29, 1.82) is 0 Å². The molecule has 1 unspecified atom stereocenters. The summed E-state index contributed by atoms with van der Waals surface area (Å²) >= 11 is 0. The quantitative estimate of drug-likeness (QED) is 0.878. The SMILES string of the molecule is Cl.O=C(c1ccc(F)cc1)N1CCN(C(=O)C2CCCCN2)CC1. The predicted octanol–water partition coefficient (Wildman–Crippen LogP) is 1.67. The molecule has 2 amide bonds. The number of carbonyl (C=O) groups excluding carboxylic acids is 2. The largest absolute Gasteiger partial charge is 0.338 e. The van der Waals surface area contributed by atoms with E-state index in [1.54, 1.807) is 4.90 Å². The lowest BCUT2D eigenvalue weighted by Gasteiger charge is -2.37. The number of rotatable bonds is 2. The molecule has 0 radical (unpaired) electrons. The predicted molar refractivity (Wildman–Crippen MR) is 91.8 cm³/mol. The van der Waals surface area contributed by atoms with Gasteiger partial charge in [0.2, 0.25) is 5.91 Å². The fraction of sp³-hybridized carbons (Fsp3) is 0.529. The fourth-order valence-corrected chi connectivity index (χ4v) is 3.19. The number of nitrogens with one attached hydrogen (secondary N) is 1. The lowest BCUT2D eigenvalue weighted by atomic mass is 10.0. The highest BCUT2D eigenvalue weighted by Gasteiger charge is 2.29. The van der Waals surface area contributed by atoms with E-state index in [2.05, 4.69) is 5.32 Å². The molecule has 1 atom stereocenters.